The van der Waals surface area contributed by atoms with Crippen LogP contribution >= 0.6 is 0 Å². The normalized spacial score (nSPS) is 11.1. The number of carbonyl (C=O) groups is 2. The number of hydrogen-bond acceptors (Lipinski definition) is 5. The average Bonchev–Trinajstić information content (AvgIpc) is 3.21. The van der Waals surface area contributed by atoms with Crippen molar-refractivity contribution in [2.45, 2.75) is 32.9 Å². The van der Waals surface area contributed by atoms with Crippen molar-refractivity contribution >= 4 is 33.8 Å². The molecule has 37 heavy (non-hydrogen) atoms. The van der Waals surface area contributed by atoms with E-state index in [2.05, 4.69) is 20.8 Å². The first-order valence-electron chi connectivity index (χ1n) is 12.1. The molecule has 0 saturated heterocycles. The van der Waals surface area contributed by atoms with Crippen molar-refractivity contribution < 1.29 is 9.59 Å². The summed E-state index contributed by atoms with van der Waals surface area (Å²) in [5.74, 6) is -0.878. The highest BCUT2D eigenvalue weighted by atomic mass is 16.2. The molecule has 0 unspecified atom stereocenters. The first-order chi connectivity index (χ1) is 18.1. The molecule has 9 nitrogen and oxygen atoms in total. The van der Waals surface area contributed by atoms with Gasteiger partial charge in [-0.1, -0.05) is 43.3 Å². The number of pyridine rings is 2. The van der Waals surface area contributed by atoms with E-state index in [0.29, 0.717) is 34.4 Å². The lowest BCUT2D eigenvalue weighted by molar-refractivity contribution is -0.122. The van der Waals surface area contributed by atoms with Crippen molar-refractivity contribution in [3.05, 3.63) is 95.0 Å². The molecule has 0 aliphatic rings. The molecular formula is C28H26N6O3. The van der Waals surface area contributed by atoms with Gasteiger partial charge in [0.05, 0.1) is 33.5 Å². The van der Waals surface area contributed by atoms with E-state index >= 15 is 0 Å². The molecule has 5 aromatic rings. The van der Waals surface area contributed by atoms with Crippen LogP contribution in [0.15, 0.2) is 83.8 Å². The van der Waals surface area contributed by atoms with Crippen LogP contribution in [-0.2, 0) is 17.9 Å². The molecule has 0 radical (unpaired) electrons. The molecular weight excluding hydrogens is 468 g/mol. The maximum atomic E-state index is 13.1. The van der Waals surface area contributed by atoms with E-state index in [4.69, 9.17) is 0 Å². The molecule has 2 amide bonds. The fourth-order valence-corrected chi connectivity index (χ4v) is 4.41. The van der Waals surface area contributed by atoms with E-state index in [1.165, 1.54) is 0 Å². The summed E-state index contributed by atoms with van der Waals surface area (Å²) in [7, 11) is 0. The van der Waals surface area contributed by atoms with Gasteiger partial charge >= 0.3 is 5.69 Å². The van der Waals surface area contributed by atoms with Crippen LogP contribution in [0.2, 0.25) is 0 Å². The topological polar surface area (TPSA) is 111 Å². The van der Waals surface area contributed by atoms with Gasteiger partial charge in [-0.25, -0.2) is 9.78 Å². The molecule has 2 aromatic carbocycles. The van der Waals surface area contributed by atoms with Gasteiger partial charge in [-0.05, 0) is 42.8 Å². The fourth-order valence-electron chi connectivity index (χ4n) is 4.41. The summed E-state index contributed by atoms with van der Waals surface area (Å²) in [4.78, 5) is 47.6. The second kappa shape index (κ2) is 10.4. The minimum atomic E-state index is -0.471. The van der Waals surface area contributed by atoms with E-state index in [-0.39, 0.29) is 18.7 Å². The highest BCUT2D eigenvalue weighted by molar-refractivity contribution is 6.07. The van der Waals surface area contributed by atoms with Crippen LogP contribution in [0, 0.1) is 0 Å². The molecule has 5 rings (SSSR count). The van der Waals surface area contributed by atoms with Gasteiger partial charge in [-0.2, -0.15) is 0 Å². The molecule has 0 aliphatic heterocycles. The Morgan fingerprint density at radius 3 is 2.27 bits per heavy atom. The molecule has 9 heteroatoms. The number of carbonyl (C=O) groups excluding carboxylic acids is 2. The minimum absolute atomic E-state index is 0.0244. The van der Waals surface area contributed by atoms with Crippen LogP contribution in [-0.4, -0.2) is 30.9 Å². The number of fused-ring (bicyclic) bond motifs is 2. The van der Waals surface area contributed by atoms with Gasteiger partial charge in [-0.15, -0.1) is 0 Å². The van der Waals surface area contributed by atoms with Gasteiger partial charge in [0.1, 0.15) is 0 Å². The first-order valence-corrected chi connectivity index (χ1v) is 12.1. The standard InChI is InChI=1S/C28H26N6O3/c1-2-16-33-24-12-5-6-13-25(24)34(28(33)37)17-14-26(35)31-32-27(36)20-18-23(22-11-7-8-15-29-22)30-21-10-4-3-9-19(20)21/h3-13,15,18H,2,14,16-17H2,1H3,(H,31,35)(H,32,36). The Kier molecular flexibility index (Phi) is 6.76. The third-order valence-corrected chi connectivity index (χ3v) is 6.14. The number of aromatic nitrogens is 4. The number of amides is 2. The summed E-state index contributed by atoms with van der Waals surface area (Å²) in [6.45, 7) is 2.81. The molecule has 186 valence electrons. The Morgan fingerprint density at radius 2 is 1.54 bits per heavy atom. The Morgan fingerprint density at radius 1 is 0.838 bits per heavy atom. The number of benzene rings is 2. The summed E-state index contributed by atoms with van der Waals surface area (Å²) < 4.78 is 3.32. The lowest BCUT2D eigenvalue weighted by Gasteiger charge is -2.11. The SMILES string of the molecule is CCCn1c(=O)n(CCC(=O)NNC(=O)c2cc(-c3ccccn3)nc3ccccc23)c2ccccc21. The largest absolute Gasteiger partial charge is 0.329 e. The van der Waals surface area contributed by atoms with Crippen molar-refractivity contribution in [2.24, 2.45) is 0 Å². The lowest BCUT2D eigenvalue weighted by Crippen LogP contribution is -2.42. The molecule has 0 fully saturated rings. The van der Waals surface area contributed by atoms with Crippen molar-refractivity contribution in [2.75, 3.05) is 0 Å². The molecule has 3 heterocycles. The third-order valence-electron chi connectivity index (χ3n) is 6.14. The first kappa shape index (κ1) is 23.9. The monoisotopic (exact) mass is 494 g/mol. The van der Waals surface area contributed by atoms with Crippen LogP contribution in [0.5, 0.6) is 0 Å². The van der Waals surface area contributed by atoms with Gasteiger partial charge in [0.2, 0.25) is 5.91 Å². The predicted octanol–water partition coefficient (Wildman–Crippen LogP) is 3.67. The van der Waals surface area contributed by atoms with Crippen LogP contribution in [0.3, 0.4) is 0 Å². The number of hydrazine groups is 1. The maximum Gasteiger partial charge on any atom is 0.329 e. The summed E-state index contributed by atoms with van der Waals surface area (Å²) in [5, 5.41) is 0.657. The van der Waals surface area contributed by atoms with Gasteiger partial charge in [0.25, 0.3) is 5.91 Å². The molecule has 0 bridgehead atoms. The predicted molar refractivity (Wildman–Crippen MR) is 142 cm³/mol. The van der Waals surface area contributed by atoms with Crippen LogP contribution in [0.25, 0.3) is 33.3 Å². The van der Waals surface area contributed by atoms with Crippen LogP contribution in [0.1, 0.15) is 30.1 Å². The molecule has 3 aromatic heterocycles. The summed E-state index contributed by atoms with van der Waals surface area (Å²) in [6.07, 6.45) is 2.51. The number of rotatable bonds is 7. The maximum absolute atomic E-state index is 13.1. The number of aryl methyl sites for hydroxylation is 2. The van der Waals surface area contributed by atoms with E-state index in [1.54, 1.807) is 27.5 Å². The Bertz CT molecular complexity index is 1660. The van der Waals surface area contributed by atoms with Crippen molar-refractivity contribution in [3.63, 3.8) is 0 Å². The van der Waals surface area contributed by atoms with Crippen LogP contribution < -0.4 is 16.5 Å². The quantitative estimate of drug-likeness (QED) is 0.336. The molecule has 0 aliphatic carbocycles. The van der Waals surface area contributed by atoms with Gasteiger partial charge in [-0.3, -0.25) is 34.6 Å². The Balaban J connectivity index is 1.31. The smallest absolute Gasteiger partial charge is 0.292 e. The summed E-state index contributed by atoms with van der Waals surface area (Å²) >= 11 is 0. The molecule has 0 atom stereocenters. The summed E-state index contributed by atoms with van der Waals surface area (Å²) in [6, 6.07) is 22.0. The van der Waals surface area contributed by atoms with Gasteiger partial charge in [0.15, 0.2) is 0 Å². The minimum Gasteiger partial charge on any atom is -0.292 e. The number of hydrogen-bond donors (Lipinski definition) is 2. The molecule has 0 spiro atoms. The van der Waals surface area contributed by atoms with Crippen molar-refractivity contribution in [1.29, 1.82) is 0 Å². The van der Waals surface area contributed by atoms with E-state index < -0.39 is 11.8 Å². The number of nitrogens with zero attached hydrogens (tertiary/aromatic N) is 4. The molecule has 2 N–H and O–H groups in total. The zero-order chi connectivity index (χ0) is 25.8. The highest BCUT2D eigenvalue weighted by Gasteiger charge is 2.16. The lowest BCUT2D eigenvalue weighted by atomic mass is 10.1. The zero-order valence-corrected chi connectivity index (χ0v) is 20.3. The second-order valence-corrected chi connectivity index (χ2v) is 8.61. The van der Waals surface area contributed by atoms with E-state index in [1.807, 2.05) is 67.6 Å². The average molecular weight is 495 g/mol. The highest BCUT2D eigenvalue weighted by Crippen LogP contribution is 2.23. The van der Waals surface area contributed by atoms with Crippen molar-refractivity contribution in [3.8, 4) is 11.4 Å². The fraction of sp³-hybridized carbons (Fsp3) is 0.179. The molecule has 0 saturated carbocycles. The third kappa shape index (κ3) is 4.84. The second-order valence-electron chi connectivity index (χ2n) is 8.61. The van der Waals surface area contributed by atoms with E-state index in [0.717, 1.165) is 17.5 Å². The summed E-state index contributed by atoms with van der Waals surface area (Å²) in [5.41, 5.74) is 8.66. The van der Waals surface area contributed by atoms with Crippen molar-refractivity contribution in [1.82, 2.24) is 30.0 Å². The van der Waals surface area contributed by atoms with Crippen LogP contribution in [0.4, 0.5) is 0 Å². The van der Waals surface area contributed by atoms with Gasteiger partial charge in [0, 0.05) is 31.1 Å². The Hall–Kier alpha value is -4.79. The van der Waals surface area contributed by atoms with Gasteiger partial charge < -0.3 is 0 Å². The van der Waals surface area contributed by atoms with E-state index in [9.17, 15) is 14.4 Å². The number of imidazole rings is 1. The number of para-hydroxylation sites is 3. The zero-order valence-electron chi connectivity index (χ0n) is 20.3. The number of nitrogens with one attached hydrogen (secondary N) is 2. The Labute approximate surface area is 212 Å².